The number of hydrogen-bond donors (Lipinski definition) is 2. The number of aromatic nitrogens is 1. The Morgan fingerprint density at radius 2 is 1.59 bits per heavy atom. The molecule has 29 heavy (non-hydrogen) atoms. The standard InChI is InChI=1S/C21H14FN3O3S/c22-16-5-2-1-4-15(16)18-12-17(25-28-18)20(26)23-13-7-9-14(10-8-13)24-21(27)19-6-3-11-29-19/h1-12H,(H,23,26)(H,24,27). The Labute approximate surface area is 169 Å². The summed E-state index contributed by atoms with van der Waals surface area (Å²) >= 11 is 1.35. The van der Waals surface area contributed by atoms with Gasteiger partial charge in [-0.2, -0.15) is 0 Å². The van der Waals surface area contributed by atoms with Gasteiger partial charge >= 0.3 is 0 Å². The summed E-state index contributed by atoms with van der Waals surface area (Å²) in [6.45, 7) is 0. The van der Waals surface area contributed by atoms with Gasteiger partial charge in [-0.25, -0.2) is 4.39 Å². The molecule has 2 N–H and O–H groups in total. The zero-order valence-electron chi connectivity index (χ0n) is 14.9. The first-order valence-electron chi connectivity index (χ1n) is 8.58. The highest BCUT2D eigenvalue weighted by atomic mass is 32.1. The molecule has 0 radical (unpaired) electrons. The van der Waals surface area contributed by atoms with E-state index < -0.39 is 11.7 Å². The predicted molar refractivity (Wildman–Crippen MR) is 109 cm³/mol. The summed E-state index contributed by atoms with van der Waals surface area (Å²) in [6, 6.07) is 17.7. The number of anilines is 2. The largest absolute Gasteiger partial charge is 0.355 e. The number of carbonyl (C=O) groups excluding carboxylic acids is 2. The van der Waals surface area contributed by atoms with Crippen molar-refractivity contribution in [3.63, 3.8) is 0 Å². The monoisotopic (exact) mass is 407 g/mol. The average Bonchev–Trinajstić information content (AvgIpc) is 3.42. The topological polar surface area (TPSA) is 84.2 Å². The highest BCUT2D eigenvalue weighted by Gasteiger charge is 2.16. The summed E-state index contributed by atoms with van der Waals surface area (Å²) in [4.78, 5) is 25.0. The lowest BCUT2D eigenvalue weighted by molar-refractivity contribution is 0.101. The molecular formula is C21H14FN3O3S. The number of nitrogens with zero attached hydrogens (tertiary/aromatic N) is 1. The number of halogens is 1. The van der Waals surface area contributed by atoms with Crippen LogP contribution in [0.4, 0.5) is 15.8 Å². The van der Waals surface area contributed by atoms with Gasteiger partial charge in [-0.15, -0.1) is 11.3 Å². The molecule has 2 aromatic carbocycles. The Morgan fingerprint density at radius 3 is 2.24 bits per heavy atom. The van der Waals surface area contributed by atoms with Gasteiger partial charge in [0.2, 0.25) is 0 Å². The van der Waals surface area contributed by atoms with Crippen molar-refractivity contribution in [2.75, 3.05) is 10.6 Å². The molecule has 0 aliphatic rings. The Hall–Kier alpha value is -3.78. The van der Waals surface area contributed by atoms with E-state index in [1.165, 1.54) is 23.5 Å². The maximum Gasteiger partial charge on any atom is 0.277 e. The molecule has 0 unspecified atom stereocenters. The molecule has 0 bridgehead atoms. The molecule has 0 atom stereocenters. The van der Waals surface area contributed by atoms with Crippen LogP contribution in [-0.2, 0) is 0 Å². The minimum absolute atomic E-state index is 0.0262. The first kappa shape index (κ1) is 18.6. The van der Waals surface area contributed by atoms with E-state index >= 15 is 0 Å². The van der Waals surface area contributed by atoms with E-state index in [1.54, 1.807) is 54.6 Å². The molecule has 2 heterocycles. The molecule has 2 amide bonds. The second kappa shape index (κ2) is 8.07. The summed E-state index contributed by atoms with van der Waals surface area (Å²) in [5.41, 5.74) is 1.37. The van der Waals surface area contributed by atoms with Crippen molar-refractivity contribution < 1.29 is 18.5 Å². The van der Waals surface area contributed by atoms with E-state index in [0.29, 0.717) is 16.3 Å². The molecule has 4 rings (SSSR count). The molecule has 0 aliphatic carbocycles. The molecule has 0 saturated heterocycles. The van der Waals surface area contributed by atoms with Gasteiger partial charge in [0.1, 0.15) is 5.82 Å². The molecule has 8 heteroatoms. The smallest absolute Gasteiger partial charge is 0.277 e. The van der Waals surface area contributed by atoms with E-state index in [0.717, 1.165) is 0 Å². The van der Waals surface area contributed by atoms with Crippen LogP contribution in [0.1, 0.15) is 20.2 Å². The molecular weight excluding hydrogens is 393 g/mol. The average molecular weight is 407 g/mol. The molecule has 2 aromatic heterocycles. The van der Waals surface area contributed by atoms with Crippen LogP contribution in [0.2, 0.25) is 0 Å². The Bertz CT molecular complexity index is 1150. The number of thiophene rings is 1. The minimum Gasteiger partial charge on any atom is -0.355 e. The van der Waals surface area contributed by atoms with E-state index in [2.05, 4.69) is 15.8 Å². The summed E-state index contributed by atoms with van der Waals surface area (Å²) < 4.78 is 18.9. The van der Waals surface area contributed by atoms with E-state index in [-0.39, 0.29) is 22.9 Å². The van der Waals surface area contributed by atoms with Crippen molar-refractivity contribution in [2.24, 2.45) is 0 Å². The Morgan fingerprint density at radius 1 is 0.897 bits per heavy atom. The van der Waals surface area contributed by atoms with E-state index in [9.17, 15) is 14.0 Å². The maximum atomic E-state index is 13.8. The predicted octanol–water partition coefficient (Wildman–Crippen LogP) is 5.05. The van der Waals surface area contributed by atoms with E-state index in [1.807, 2.05) is 5.38 Å². The number of nitrogens with one attached hydrogen (secondary N) is 2. The zero-order valence-corrected chi connectivity index (χ0v) is 15.7. The van der Waals surface area contributed by atoms with Gasteiger partial charge in [0, 0.05) is 17.4 Å². The molecule has 144 valence electrons. The summed E-state index contributed by atoms with van der Waals surface area (Å²) in [6.07, 6.45) is 0. The lowest BCUT2D eigenvalue weighted by Gasteiger charge is -2.06. The third-order valence-electron chi connectivity index (χ3n) is 4.03. The molecule has 0 spiro atoms. The highest BCUT2D eigenvalue weighted by Crippen LogP contribution is 2.24. The van der Waals surface area contributed by atoms with Gasteiger partial charge in [-0.05, 0) is 47.8 Å². The number of hydrogen-bond acceptors (Lipinski definition) is 5. The number of benzene rings is 2. The van der Waals surface area contributed by atoms with Crippen molar-refractivity contribution in [3.8, 4) is 11.3 Å². The second-order valence-corrected chi connectivity index (χ2v) is 6.97. The first-order chi connectivity index (χ1) is 14.1. The van der Waals surface area contributed by atoms with Gasteiger partial charge < -0.3 is 15.2 Å². The SMILES string of the molecule is O=C(Nc1ccc(NC(=O)c2cccs2)cc1)c1cc(-c2ccccc2F)on1. The summed E-state index contributed by atoms with van der Waals surface area (Å²) in [7, 11) is 0. The Balaban J connectivity index is 1.41. The van der Waals surface area contributed by atoms with Crippen molar-refractivity contribution in [1.82, 2.24) is 5.16 Å². The zero-order chi connectivity index (χ0) is 20.2. The van der Waals surface area contributed by atoms with Crippen LogP contribution >= 0.6 is 11.3 Å². The van der Waals surface area contributed by atoms with Crippen LogP contribution in [0.15, 0.2) is 76.6 Å². The normalized spacial score (nSPS) is 10.5. The number of amides is 2. The van der Waals surface area contributed by atoms with Crippen molar-refractivity contribution in [3.05, 3.63) is 88.5 Å². The van der Waals surface area contributed by atoms with Crippen LogP contribution in [0.25, 0.3) is 11.3 Å². The second-order valence-electron chi connectivity index (χ2n) is 6.02. The van der Waals surface area contributed by atoms with Crippen LogP contribution in [0.3, 0.4) is 0 Å². The van der Waals surface area contributed by atoms with Crippen LogP contribution in [0.5, 0.6) is 0 Å². The molecule has 0 saturated carbocycles. The summed E-state index contributed by atoms with van der Waals surface area (Å²) in [5.74, 6) is -0.984. The van der Waals surface area contributed by atoms with E-state index in [4.69, 9.17) is 4.52 Å². The van der Waals surface area contributed by atoms with Crippen molar-refractivity contribution in [1.29, 1.82) is 0 Å². The van der Waals surface area contributed by atoms with Gasteiger partial charge in [0.15, 0.2) is 11.5 Å². The molecule has 0 fully saturated rings. The molecule has 0 aliphatic heterocycles. The van der Waals surface area contributed by atoms with Crippen LogP contribution in [0, 0.1) is 5.82 Å². The van der Waals surface area contributed by atoms with Crippen LogP contribution < -0.4 is 10.6 Å². The van der Waals surface area contributed by atoms with Crippen molar-refractivity contribution >= 4 is 34.5 Å². The third kappa shape index (κ3) is 4.22. The lowest BCUT2D eigenvalue weighted by atomic mass is 10.1. The van der Waals surface area contributed by atoms with Gasteiger partial charge in [0.25, 0.3) is 11.8 Å². The molecule has 4 aromatic rings. The van der Waals surface area contributed by atoms with Crippen molar-refractivity contribution in [2.45, 2.75) is 0 Å². The maximum absolute atomic E-state index is 13.8. The van der Waals surface area contributed by atoms with Gasteiger partial charge in [0.05, 0.1) is 10.4 Å². The van der Waals surface area contributed by atoms with Crippen LogP contribution in [-0.4, -0.2) is 17.0 Å². The number of carbonyl (C=O) groups is 2. The van der Waals surface area contributed by atoms with Gasteiger partial charge in [-0.1, -0.05) is 23.4 Å². The van der Waals surface area contributed by atoms with Gasteiger partial charge in [-0.3, -0.25) is 9.59 Å². The third-order valence-corrected chi connectivity index (χ3v) is 4.90. The quantitative estimate of drug-likeness (QED) is 0.485. The lowest BCUT2D eigenvalue weighted by Crippen LogP contribution is -2.13. The first-order valence-corrected chi connectivity index (χ1v) is 9.46. The Kier molecular flexibility index (Phi) is 5.17. The summed E-state index contributed by atoms with van der Waals surface area (Å²) in [5, 5.41) is 11.0. The number of rotatable bonds is 5. The fraction of sp³-hybridized carbons (Fsp3) is 0. The molecule has 6 nitrogen and oxygen atoms in total. The highest BCUT2D eigenvalue weighted by molar-refractivity contribution is 7.12. The fourth-order valence-electron chi connectivity index (χ4n) is 2.60. The minimum atomic E-state index is -0.494. The fourth-order valence-corrected chi connectivity index (χ4v) is 3.22.